The second-order valence-corrected chi connectivity index (χ2v) is 8.05. The number of benzene rings is 1. The molecule has 29 heavy (non-hydrogen) atoms. The third kappa shape index (κ3) is 3.83. The lowest BCUT2D eigenvalue weighted by molar-refractivity contribution is 0.0947. The van der Waals surface area contributed by atoms with Gasteiger partial charge in [-0.3, -0.25) is 4.79 Å². The molecule has 1 amide bonds. The quantitative estimate of drug-likeness (QED) is 0.665. The summed E-state index contributed by atoms with van der Waals surface area (Å²) in [5.41, 5.74) is 0.794. The first-order chi connectivity index (χ1) is 13.8. The van der Waals surface area contributed by atoms with E-state index in [1.54, 1.807) is 12.1 Å². The van der Waals surface area contributed by atoms with Crippen LogP contribution >= 0.6 is 0 Å². The molecule has 0 radical (unpaired) electrons. The zero-order chi connectivity index (χ0) is 20.8. The fraction of sp³-hybridized carbons (Fsp3) is 0.381. The smallest absolute Gasteiger partial charge is 0.280 e. The molecule has 152 valence electrons. The van der Waals surface area contributed by atoms with Crippen molar-refractivity contribution < 1.29 is 18.0 Å². The van der Waals surface area contributed by atoms with Gasteiger partial charge in [-0.05, 0) is 36.6 Å². The van der Waals surface area contributed by atoms with Gasteiger partial charge in [-0.25, -0.2) is 22.7 Å². The minimum atomic E-state index is -2.72. The first-order valence-corrected chi connectivity index (χ1v) is 9.47. The first kappa shape index (κ1) is 19.4. The monoisotopic (exact) mass is 402 g/mol. The maximum Gasteiger partial charge on any atom is 0.280 e. The molecule has 0 unspecified atom stereocenters. The van der Waals surface area contributed by atoms with Gasteiger partial charge in [0.25, 0.3) is 12.3 Å². The number of hydrogen-bond acceptors (Lipinski definition) is 3. The van der Waals surface area contributed by atoms with Crippen LogP contribution in [0.1, 0.15) is 66.3 Å². The fourth-order valence-electron chi connectivity index (χ4n) is 3.32. The Balaban J connectivity index is 1.60. The maximum atomic E-state index is 13.5. The van der Waals surface area contributed by atoms with E-state index in [0.29, 0.717) is 5.69 Å². The summed E-state index contributed by atoms with van der Waals surface area (Å²) in [5.74, 6) is -0.638. The van der Waals surface area contributed by atoms with Crippen LogP contribution in [0.15, 0.2) is 36.5 Å². The van der Waals surface area contributed by atoms with Gasteiger partial charge in [-0.1, -0.05) is 26.0 Å². The maximum absolute atomic E-state index is 13.5. The van der Waals surface area contributed by atoms with Crippen LogP contribution in [-0.2, 0) is 5.41 Å². The van der Waals surface area contributed by atoms with Crippen molar-refractivity contribution in [3.63, 3.8) is 0 Å². The first-order valence-electron chi connectivity index (χ1n) is 9.47. The molecule has 1 aliphatic rings. The largest absolute Gasteiger partial charge is 0.351 e. The zero-order valence-electron chi connectivity index (χ0n) is 16.1. The minimum Gasteiger partial charge on any atom is -0.351 e. The molecule has 5 nitrogen and oxygen atoms in total. The topological polar surface area (TPSA) is 59.3 Å². The van der Waals surface area contributed by atoms with Crippen molar-refractivity contribution in [2.24, 2.45) is 0 Å². The number of aromatic nitrogens is 3. The molecule has 2 aromatic heterocycles. The lowest BCUT2D eigenvalue weighted by Crippen LogP contribution is -2.36. The predicted octanol–water partition coefficient (Wildman–Crippen LogP) is 4.39. The van der Waals surface area contributed by atoms with Crippen molar-refractivity contribution in [3.8, 4) is 0 Å². The molecule has 0 spiro atoms. The Labute approximate surface area is 166 Å². The predicted molar refractivity (Wildman–Crippen MR) is 102 cm³/mol. The number of carbonyl (C=O) groups excluding carboxylic acids is 1. The van der Waals surface area contributed by atoms with E-state index in [1.807, 2.05) is 13.8 Å². The Kier molecular flexibility index (Phi) is 4.80. The van der Waals surface area contributed by atoms with E-state index in [0.717, 1.165) is 22.9 Å². The number of fused-ring (bicyclic) bond motifs is 1. The Morgan fingerprint density at radius 2 is 2.07 bits per heavy atom. The Hall–Kier alpha value is -2.90. The third-order valence-corrected chi connectivity index (χ3v) is 5.28. The Morgan fingerprint density at radius 1 is 1.31 bits per heavy atom. The highest BCUT2D eigenvalue weighted by Crippen LogP contribution is 2.40. The van der Waals surface area contributed by atoms with Gasteiger partial charge in [0, 0.05) is 23.6 Å². The van der Waals surface area contributed by atoms with Crippen molar-refractivity contribution in [3.05, 3.63) is 64.9 Å². The van der Waals surface area contributed by atoms with Gasteiger partial charge in [0.1, 0.15) is 17.1 Å². The van der Waals surface area contributed by atoms with Crippen molar-refractivity contribution in [2.75, 3.05) is 6.54 Å². The molecule has 0 saturated heterocycles. The summed E-state index contributed by atoms with van der Waals surface area (Å²) < 4.78 is 41.5. The molecule has 3 aromatic rings. The van der Waals surface area contributed by atoms with E-state index in [2.05, 4.69) is 15.4 Å². The number of alkyl halides is 2. The molecule has 1 aromatic carbocycles. The second kappa shape index (κ2) is 7.17. The average molecular weight is 402 g/mol. The van der Waals surface area contributed by atoms with Crippen LogP contribution in [0, 0.1) is 5.82 Å². The molecule has 0 aliphatic heterocycles. The highest BCUT2D eigenvalue weighted by molar-refractivity contribution is 5.99. The van der Waals surface area contributed by atoms with E-state index in [-0.39, 0.29) is 35.2 Å². The molecule has 1 saturated carbocycles. The molecule has 1 fully saturated rings. The molecule has 8 heteroatoms. The van der Waals surface area contributed by atoms with Crippen molar-refractivity contribution in [2.45, 2.75) is 44.4 Å². The molecule has 0 atom stereocenters. The van der Waals surface area contributed by atoms with Crippen LogP contribution in [0.2, 0.25) is 0 Å². The number of halogens is 3. The van der Waals surface area contributed by atoms with E-state index in [4.69, 9.17) is 0 Å². The molecular weight excluding hydrogens is 381 g/mol. The number of amides is 1. The van der Waals surface area contributed by atoms with Gasteiger partial charge in [0.2, 0.25) is 0 Å². The van der Waals surface area contributed by atoms with E-state index in [1.165, 1.54) is 24.4 Å². The van der Waals surface area contributed by atoms with Crippen LogP contribution in [0.3, 0.4) is 0 Å². The standard InChI is InChI=1S/C21H21F3N4O/c1-21(2,13-4-3-5-14(22)8-13)11-25-20(29)15-10-26-28-17(18(23)24)9-16(12-6-7-12)27-19(15)28/h3-5,8-10,12,18H,6-7,11H2,1-2H3,(H,25,29). The normalized spacial score (nSPS) is 14.6. The Morgan fingerprint density at radius 3 is 2.72 bits per heavy atom. The fourth-order valence-corrected chi connectivity index (χ4v) is 3.32. The summed E-state index contributed by atoms with van der Waals surface area (Å²) in [6.07, 6.45) is 0.350. The summed E-state index contributed by atoms with van der Waals surface area (Å²) in [7, 11) is 0. The van der Waals surface area contributed by atoms with Crippen molar-refractivity contribution >= 4 is 11.6 Å². The van der Waals surface area contributed by atoms with Crippen LogP contribution < -0.4 is 5.32 Å². The lowest BCUT2D eigenvalue weighted by atomic mass is 9.84. The minimum absolute atomic E-state index is 0.130. The van der Waals surface area contributed by atoms with E-state index >= 15 is 0 Å². The van der Waals surface area contributed by atoms with Gasteiger partial charge in [0.15, 0.2) is 5.65 Å². The summed E-state index contributed by atoms with van der Waals surface area (Å²) in [6.45, 7) is 4.00. The number of nitrogens with zero attached hydrogens (tertiary/aromatic N) is 3. The van der Waals surface area contributed by atoms with Gasteiger partial charge >= 0.3 is 0 Å². The van der Waals surface area contributed by atoms with Crippen LogP contribution in [0.4, 0.5) is 13.2 Å². The average Bonchev–Trinajstić information content (AvgIpc) is 3.44. The summed E-state index contributed by atoms with van der Waals surface area (Å²) >= 11 is 0. The van der Waals surface area contributed by atoms with Gasteiger partial charge in [-0.15, -0.1) is 0 Å². The van der Waals surface area contributed by atoms with Gasteiger partial charge in [0.05, 0.1) is 6.20 Å². The third-order valence-electron chi connectivity index (χ3n) is 5.28. The molecule has 2 heterocycles. The van der Waals surface area contributed by atoms with Gasteiger partial charge < -0.3 is 5.32 Å². The van der Waals surface area contributed by atoms with Crippen LogP contribution in [0.5, 0.6) is 0 Å². The SMILES string of the molecule is CC(C)(CNC(=O)c1cnn2c(C(F)F)cc(C3CC3)nc12)c1cccc(F)c1. The number of carbonyl (C=O) groups is 1. The molecule has 0 bridgehead atoms. The summed E-state index contributed by atoms with van der Waals surface area (Å²) in [6, 6.07) is 7.58. The van der Waals surface area contributed by atoms with Crippen LogP contribution in [0.25, 0.3) is 5.65 Å². The molecule has 4 rings (SSSR count). The highest BCUT2D eigenvalue weighted by Gasteiger charge is 2.29. The number of rotatable bonds is 6. The highest BCUT2D eigenvalue weighted by atomic mass is 19.3. The van der Waals surface area contributed by atoms with E-state index in [9.17, 15) is 18.0 Å². The van der Waals surface area contributed by atoms with Crippen molar-refractivity contribution in [1.82, 2.24) is 19.9 Å². The Bertz CT molecular complexity index is 1070. The second-order valence-electron chi connectivity index (χ2n) is 8.05. The summed E-state index contributed by atoms with van der Waals surface area (Å²) in [5, 5.41) is 6.77. The molecule has 1 aliphatic carbocycles. The molecule has 1 N–H and O–H groups in total. The number of hydrogen-bond donors (Lipinski definition) is 1. The zero-order valence-corrected chi connectivity index (χ0v) is 16.1. The van der Waals surface area contributed by atoms with E-state index < -0.39 is 17.7 Å². The van der Waals surface area contributed by atoms with Gasteiger partial charge in [-0.2, -0.15) is 5.10 Å². The lowest BCUT2D eigenvalue weighted by Gasteiger charge is -2.25. The number of nitrogens with one attached hydrogen (secondary N) is 1. The van der Waals surface area contributed by atoms with Crippen molar-refractivity contribution in [1.29, 1.82) is 0 Å². The van der Waals surface area contributed by atoms with Crippen LogP contribution in [-0.4, -0.2) is 27.0 Å². The summed E-state index contributed by atoms with van der Waals surface area (Å²) in [4.78, 5) is 17.2. The molecular formula is C21H21F3N4O.